The maximum atomic E-state index is 12.0. The highest BCUT2D eigenvalue weighted by molar-refractivity contribution is 9.10. The summed E-state index contributed by atoms with van der Waals surface area (Å²) in [7, 11) is 0. The van der Waals surface area contributed by atoms with Gasteiger partial charge in [0, 0.05) is 16.2 Å². The van der Waals surface area contributed by atoms with Crippen molar-refractivity contribution >= 4 is 45.3 Å². The molecule has 0 saturated carbocycles. The van der Waals surface area contributed by atoms with Gasteiger partial charge in [0.1, 0.15) is 0 Å². The fraction of sp³-hybridized carbons (Fsp3) is 0.158. The van der Waals surface area contributed by atoms with Gasteiger partial charge >= 0.3 is 5.97 Å². The summed E-state index contributed by atoms with van der Waals surface area (Å²) in [6, 6.07) is 14.8. The van der Waals surface area contributed by atoms with Crippen molar-refractivity contribution in [3.8, 4) is 0 Å². The van der Waals surface area contributed by atoms with Crippen LogP contribution in [0.25, 0.3) is 6.08 Å². The third-order valence-corrected chi connectivity index (χ3v) is 3.90. The lowest BCUT2D eigenvalue weighted by atomic mass is 10.2. The van der Waals surface area contributed by atoms with Crippen molar-refractivity contribution in [2.24, 2.45) is 0 Å². The molecule has 0 heterocycles. The quantitative estimate of drug-likeness (QED) is 0.540. The van der Waals surface area contributed by atoms with Gasteiger partial charge in [-0.1, -0.05) is 24.3 Å². The predicted molar refractivity (Wildman–Crippen MR) is 103 cm³/mol. The van der Waals surface area contributed by atoms with Crippen LogP contribution < -0.4 is 10.6 Å². The van der Waals surface area contributed by atoms with Crippen molar-refractivity contribution < 1.29 is 14.3 Å². The zero-order valence-electron chi connectivity index (χ0n) is 13.8. The van der Waals surface area contributed by atoms with Gasteiger partial charge in [0.25, 0.3) is 0 Å². The Morgan fingerprint density at radius 2 is 1.84 bits per heavy atom. The predicted octanol–water partition coefficient (Wildman–Crippen LogP) is 4.08. The number of amides is 1. The Hall–Kier alpha value is -2.60. The number of carbonyl (C=O) groups is 2. The van der Waals surface area contributed by atoms with Gasteiger partial charge in [-0.2, -0.15) is 0 Å². The van der Waals surface area contributed by atoms with Gasteiger partial charge in [0.15, 0.2) is 0 Å². The van der Waals surface area contributed by atoms with Crippen LogP contribution in [-0.4, -0.2) is 25.0 Å². The second kappa shape index (κ2) is 9.64. The van der Waals surface area contributed by atoms with E-state index in [0.29, 0.717) is 6.61 Å². The average Bonchev–Trinajstić information content (AvgIpc) is 2.61. The van der Waals surface area contributed by atoms with Crippen LogP contribution in [0.5, 0.6) is 0 Å². The molecule has 2 N–H and O–H groups in total. The third-order valence-electron chi connectivity index (χ3n) is 3.21. The molecule has 5 nitrogen and oxygen atoms in total. The van der Waals surface area contributed by atoms with E-state index in [-0.39, 0.29) is 18.4 Å². The highest BCUT2D eigenvalue weighted by atomic mass is 79.9. The summed E-state index contributed by atoms with van der Waals surface area (Å²) >= 11 is 3.39. The summed E-state index contributed by atoms with van der Waals surface area (Å²) < 4.78 is 5.66. The SMILES string of the molecule is CCOC(=O)/C=C/c1ccc(NCC(=O)Nc2ccccc2Br)cc1. The molecule has 0 bridgehead atoms. The van der Waals surface area contributed by atoms with Gasteiger partial charge in [0.05, 0.1) is 18.8 Å². The summed E-state index contributed by atoms with van der Waals surface area (Å²) in [6.07, 6.45) is 3.07. The molecule has 1 amide bonds. The van der Waals surface area contributed by atoms with E-state index in [1.807, 2.05) is 48.5 Å². The first-order valence-electron chi connectivity index (χ1n) is 7.81. The zero-order valence-corrected chi connectivity index (χ0v) is 15.4. The number of rotatable bonds is 7. The summed E-state index contributed by atoms with van der Waals surface area (Å²) in [5.74, 6) is -0.508. The Balaban J connectivity index is 1.84. The zero-order chi connectivity index (χ0) is 18.1. The van der Waals surface area contributed by atoms with Crippen molar-refractivity contribution in [3.63, 3.8) is 0 Å². The summed E-state index contributed by atoms with van der Waals surface area (Å²) in [5, 5.41) is 5.88. The molecule has 0 aliphatic rings. The molecule has 0 atom stereocenters. The maximum Gasteiger partial charge on any atom is 0.330 e. The van der Waals surface area contributed by atoms with Crippen molar-refractivity contribution in [2.45, 2.75) is 6.92 Å². The first kappa shape index (κ1) is 18.7. The minimum absolute atomic E-state index is 0.141. The molecule has 0 radical (unpaired) electrons. The van der Waals surface area contributed by atoms with Crippen LogP contribution in [0.1, 0.15) is 12.5 Å². The van der Waals surface area contributed by atoms with E-state index in [4.69, 9.17) is 4.74 Å². The summed E-state index contributed by atoms with van der Waals surface area (Å²) in [4.78, 5) is 23.3. The molecule has 2 aromatic rings. The first-order valence-corrected chi connectivity index (χ1v) is 8.61. The van der Waals surface area contributed by atoms with E-state index in [9.17, 15) is 9.59 Å². The number of esters is 1. The van der Waals surface area contributed by atoms with Crippen molar-refractivity contribution in [1.29, 1.82) is 0 Å². The molecule has 2 rings (SSSR count). The standard InChI is InChI=1S/C19H19BrN2O3/c1-2-25-19(24)12-9-14-7-10-15(11-8-14)21-13-18(23)22-17-6-4-3-5-16(17)20/h3-12,21H,2,13H2,1H3,(H,22,23)/b12-9+. The van der Waals surface area contributed by atoms with Crippen LogP contribution in [0.3, 0.4) is 0 Å². The Bertz CT molecular complexity index is 758. The number of nitrogens with one attached hydrogen (secondary N) is 2. The highest BCUT2D eigenvalue weighted by Crippen LogP contribution is 2.21. The number of ether oxygens (including phenoxy) is 1. The molecule has 0 aliphatic heterocycles. The maximum absolute atomic E-state index is 12.0. The molecule has 2 aromatic carbocycles. The molecule has 0 unspecified atom stereocenters. The topological polar surface area (TPSA) is 67.4 Å². The Morgan fingerprint density at radius 1 is 1.12 bits per heavy atom. The normalized spacial score (nSPS) is 10.5. The van der Waals surface area contributed by atoms with E-state index in [1.165, 1.54) is 6.08 Å². The number of hydrogen-bond acceptors (Lipinski definition) is 4. The molecule has 0 saturated heterocycles. The number of hydrogen-bond donors (Lipinski definition) is 2. The van der Waals surface area contributed by atoms with Crippen molar-refractivity contribution in [3.05, 3.63) is 64.6 Å². The van der Waals surface area contributed by atoms with Crippen LogP contribution in [0.15, 0.2) is 59.1 Å². The van der Waals surface area contributed by atoms with E-state index in [1.54, 1.807) is 13.0 Å². The Labute approximate surface area is 155 Å². The van der Waals surface area contributed by atoms with Crippen molar-refractivity contribution in [2.75, 3.05) is 23.8 Å². The minimum Gasteiger partial charge on any atom is -0.463 e. The number of carbonyl (C=O) groups excluding carboxylic acids is 2. The lowest BCUT2D eigenvalue weighted by Gasteiger charge is -2.09. The second-order valence-corrected chi connectivity index (χ2v) is 5.94. The fourth-order valence-corrected chi connectivity index (χ4v) is 2.39. The van der Waals surface area contributed by atoms with Crippen molar-refractivity contribution in [1.82, 2.24) is 0 Å². The lowest BCUT2D eigenvalue weighted by Crippen LogP contribution is -2.21. The van der Waals surface area contributed by atoms with Gasteiger partial charge < -0.3 is 15.4 Å². The first-order chi connectivity index (χ1) is 12.1. The molecular weight excluding hydrogens is 384 g/mol. The third kappa shape index (κ3) is 6.43. The smallest absolute Gasteiger partial charge is 0.330 e. The lowest BCUT2D eigenvalue weighted by molar-refractivity contribution is -0.137. The highest BCUT2D eigenvalue weighted by Gasteiger charge is 2.04. The van der Waals surface area contributed by atoms with Gasteiger partial charge in [-0.3, -0.25) is 4.79 Å². The molecule has 25 heavy (non-hydrogen) atoms. The molecule has 130 valence electrons. The number of anilines is 2. The van der Waals surface area contributed by atoms with Crippen LogP contribution in [0, 0.1) is 0 Å². The summed E-state index contributed by atoms with van der Waals surface area (Å²) in [6.45, 7) is 2.27. The van der Waals surface area contributed by atoms with Crippen LogP contribution in [0.4, 0.5) is 11.4 Å². The van der Waals surface area contributed by atoms with Crippen LogP contribution in [0.2, 0.25) is 0 Å². The van der Waals surface area contributed by atoms with Gasteiger partial charge in [-0.25, -0.2) is 4.79 Å². The Morgan fingerprint density at radius 3 is 2.52 bits per heavy atom. The molecule has 0 spiro atoms. The Kier molecular flexibility index (Phi) is 7.22. The largest absolute Gasteiger partial charge is 0.463 e. The van der Waals surface area contributed by atoms with E-state index in [0.717, 1.165) is 21.4 Å². The van der Waals surface area contributed by atoms with Gasteiger partial charge in [0.2, 0.25) is 5.91 Å². The average molecular weight is 403 g/mol. The number of para-hydroxylation sites is 1. The molecular formula is C19H19BrN2O3. The fourth-order valence-electron chi connectivity index (χ4n) is 2.01. The summed E-state index contributed by atoms with van der Waals surface area (Å²) in [5.41, 5.74) is 2.42. The van der Waals surface area contributed by atoms with E-state index in [2.05, 4.69) is 26.6 Å². The van der Waals surface area contributed by atoms with E-state index < -0.39 is 0 Å². The van der Waals surface area contributed by atoms with E-state index >= 15 is 0 Å². The van der Waals surface area contributed by atoms with Gasteiger partial charge in [-0.05, 0) is 58.8 Å². The number of benzene rings is 2. The molecule has 0 aliphatic carbocycles. The monoisotopic (exact) mass is 402 g/mol. The van der Waals surface area contributed by atoms with Gasteiger partial charge in [-0.15, -0.1) is 0 Å². The van der Waals surface area contributed by atoms with Crippen LogP contribution >= 0.6 is 15.9 Å². The van der Waals surface area contributed by atoms with Crippen LogP contribution in [-0.2, 0) is 14.3 Å². The molecule has 0 aromatic heterocycles. The number of halogens is 1. The molecule has 6 heteroatoms. The second-order valence-electron chi connectivity index (χ2n) is 5.09. The minimum atomic E-state index is -0.367. The molecule has 0 fully saturated rings.